The van der Waals surface area contributed by atoms with Gasteiger partial charge in [-0.1, -0.05) is 63.6 Å². The highest BCUT2D eigenvalue weighted by molar-refractivity contribution is 5.21. The standard InChI is InChI=1S/C17H29NO2/c1-2-3-4-5-6-7-11-14-17(19,15-18)20-16-12-9-8-10-13-16/h8-10,12-13,19H,2-7,11,14-15,18H2,1H3. The van der Waals surface area contributed by atoms with E-state index in [1.807, 2.05) is 30.3 Å². The van der Waals surface area contributed by atoms with Crippen molar-refractivity contribution in [1.29, 1.82) is 0 Å². The Morgan fingerprint density at radius 2 is 1.60 bits per heavy atom. The summed E-state index contributed by atoms with van der Waals surface area (Å²) in [5, 5.41) is 10.4. The van der Waals surface area contributed by atoms with Gasteiger partial charge in [0.25, 0.3) is 0 Å². The molecule has 0 aliphatic carbocycles. The molecule has 0 saturated carbocycles. The molecule has 1 unspecified atom stereocenters. The second kappa shape index (κ2) is 9.78. The van der Waals surface area contributed by atoms with Gasteiger partial charge in [0.1, 0.15) is 5.75 Å². The maximum absolute atomic E-state index is 10.4. The lowest BCUT2D eigenvalue weighted by atomic mass is 10.0. The molecule has 3 heteroatoms. The molecule has 0 spiro atoms. The third-order valence-corrected chi connectivity index (χ3v) is 3.54. The van der Waals surface area contributed by atoms with E-state index in [1.165, 1.54) is 32.1 Å². The topological polar surface area (TPSA) is 55.5 Å². The zero-order valence-electron chi connectivity index (χ0n) is 12.7. The van der Waals surface area contributed by atoms with E-state index in [4.69, 9.17) is 10.5 Å². The van der Waals surface area contributed by atoms with E-state index in [-0.39, 0.29) is 6.54 Å². The van der Waals surface area contributed by atoms with E-state index >= 15 is 0 Å². The van der Waals surface area contributed by atoms with Crippen LogP contribution in [0.15, 0.2) is 30.3 Å². The van der Waals surface area contributed by atoms with Crippen LogP contribution in [-0.2, 0) is 0 Å². The van der Waals surface area contributed by atoms with Gasteiger partial charge in [0.05, 0.1) is 6.54 Å². The summed E-state index contributed by atoms with van der Waals surface area (Å²) < 4.78 is 5.63. The van der Waals surface area contributed by atoms with E-state index in [9.17, 15) is 5.11 Å². The third-order valence-electron chi connectivity index (χ3n) is 3.54. The summed E-state index contributed by atoms with van der Waals surface area (Å²) in [6.07, 6.45) is 9.10. The Kier molecular flexibility index (Phi) is 8.31. The zero-order chi connectivity index (χ0) is 14.7. The van der Waals surface area contributed by atoms with Gasteiger partial charge >= 0.3 is 0 Å². The summed E-state index contributed by atoms with van der Waals surface area (Å²) in [6.45, 7) is 2.35. The van der Waals surface area contributed by atoms with E-state index in [1.54, 1.807) is 0 Å². The molecule has 3 N–H and O–H groups in total. The van der Waals surface area contributed by atoms with Crippen LogP contribution in [0.5, 0.6) is 5.75 Å². The molecule has 0 bridgehead atoms. The summed E-state index contributed by atoms with van der Waals surface area (Å²) in [5.74, 6) is -0.562. The summed E-state index contributed by atoms with van der Waals surface area (Å²) in [4.78, 5) is 0. The molecule has 0 radical (unpaired) electrons. The van der Waals surface area contributed by atoms with Crippen LogP contribution < -0.4 is 10.5 Å². The van der Waals surface area contributed by atoms with E-state index in [0.29, 0.717) is 12.2 Å². The van der Waals surface area contributed by atoms with Gasteiger partial charge in [0.2, 0.25) is 5.79 Å². The van der Waals surface area contributed by atoms with Crippen molar-refractivity contribution in [2.75, 3.05) is 6.54 Å². The van der Waals surface area contributed by atoms with E-state index in [0.717, 1.165) is 12.8 Å². The number of para-hydroxylation sites is 1. The van der Waals surface area contributed by atoms with Crippen LogP contribution in [0, 0.1) is 0 Å². The second-order valence-corrected chi connectivity index (χ2v) is 5.44. The quantitative estimate of drug-likeness (QED) is 0.478. The Morgan fingerprint density at radius 1 is 1.00 bits per heavy atom. The number of hydrogen-bond acceptors (Lipinski definition) is 3. The van der Waals surface area contributed by atoms with Gasteiger partial charge in [0, 0.05) is 6.42 Å². The maximum atomic E-state index is 10.4. The van der Waals surface area contributed by atoms with Crippen molar-refractivity contribution >= 4 is 0 Å². The molecule has 0 saturated heterocycles. The minimum Gasteiger partial charge on any atom is -0.461 e. The lowest BCUT2D eigenvalue weighted by Crippen LogP contribution is -2.43. The molecule has 20 heavy (non-hydrogen) atoms. The predicted molar refractivity (Wildman–Crippen MR) is 83.7 cm³/mol. The number of rotatable bonds is 11. The number of nitrogens with two attached hydrogens (primary N) is 1. The largest absolute Gasteiger partial charge is 0.461 e. The molecular weight excluding hydrogens is 250 g/mol. The average Bonchev–Trinajstić information content (AvgIpc) is 2.47. The zero-order valence-corrected chi connectivity index (χ0v) is 12.7. The second-order valence-electron chi connectivity index (χ2n) is 5.44. The van der Waals surface area contributed by atoms with Gasteiger partial charge in [-0.15, -0.1) is 0 Å². The molecule has 0 aliphatic heterocycles. The van der Waals surface area contributed by atoms with Crippen LogP contribution in [0.4, 0.5) is 0 Å². The molecule has 0 amide bonds. The third kappa shape index (κ3) is 6.92. The molecule has 1 aromatic carbocycles. The van der Waals surface area contributed by atoms with Crippen LogP contribution in [0.2, 0.25) is 0 Å². The Balaban J connectivity index is 2.24. The van der Waals surface area contributed by atoms with Gasteiger partial charge in [0.15, 0.2) is 0 Å². The van der Waals surface area contributed by atoms with Gasteiger partial charge in [-0.25, -0.2) is 0 Å². The van der Waals surface area contributed by atoms with Crippen LogP contribution in [0.3, 0.4) is 0 Å². The molecule has 1 atom stereocenters. The molecule has 1 aromatic rings. The number of unbranched alkanes of at least 4 members (excludes halogenated alkanes) is 6. The summed E-state index contributed by atoms with van der Waals surface area (Å²) in [7, 11) is 0. The Morgan fingerprint density at radius 3 is 2.20 bits per heavy atom. The molecule has 114 valence electrons. The lowest BCUT2D eigenvalue weighted by molar-refractivity contribution is -0.135. The van der Waals surface area contributed by atoms with Crippen molar-refractivity contribution in [2.45, 2.75) is 64.1 Å². The summed E-state index contributed by atoms with van der Waals surface area (Å²) in [6, 6.07) is 9.38. The predicted octanol–water partition coefficient (Wildman–Crippen LogP) is 3.85. The summed E-state index contributed by atoms with van der Waals surface area (Å²) >= 11 is 0. The normalized spacial score (nSPS) is 13.9. The first-order chi connectivity index (χ1) is 9.70. The van der Waals surface area contributed by atoms with Gasteiger partial charge in [-0.3, -0.25) is 0 Å². The minimum atomic E-state index is -1.23. The fourth-order valence-electron chi connectivity index (χ4n) is 2.26. The van der Waals surface area contributed by atoms with Crippen LogP contribution in [0.25, 0.3) is 0 Å². The molecule has 1 rings (SSSR count). The van der Waals surface area contributed by atoms with Crippen LogP contribution in [-0.4, -0.2) is 17.4 Å². The van der Waals surface area contributed by atoms with Crippen LogP contribution >= 0.6 is 0 Å². The molecule has 3 nitrogen and oxygen atoms in total. The van der Waals surface area contributed by atoms with Crippen molar-refractivity contribution in [3.8, 4) is 5.75 Å². The smallest absolute Gasteiger partial charge is 0.220 e. The number of ether oxygens (including phenoxy) is 1. The number of hydrogen-bond donors (Lipinski definition) is 2. The highest BCUT2D eigenvalue weighted by Gasteiger charge is 2.26. The van der Waals surface area contributed by atoms with Crippen molar-refractivity contribution in [3.63, 3.8) is 0 Å². The molecule has 0 aliphatic rings. The number of aliphatic hydroxyl groups is 1. The Hall–Kier alpha value is -1.06. The van der Waals surface area contributed by atoms with E-state index in [2.05, 4.69) is 6.92 Å². The SMILES string of the molecule is CCCCCCCCCC(O)(CN)Oc1ccccc1. The number of benzene rings is 1. The van der Waals surface area contributed by atoms with Crippen LogP contribution in [0.1, 0.15) is 58.3 Å². The van der Waals surface area contributed by atoms with Crippen molar-refractivity contribution in [3.05, 3.63) is 30.3 Å². The van der Waals surface area contributed by atoms with Gasteiger partial charge < -0.3 is 15.6 Å². The first-order valence-corrected chi connectivity index (χ1v) is 7.87. The van der Waals surface area contributed by atoms with Crippen molar-refractivity contribution in [2.24, 2.45) is 5.73 Å². The highest BCUT2D eigenvalue weighted by Crippen LogP contribution is 2.21. The monoisotopic (exact) mass is 279 g/mol. The molecule has 0 fully saturated rings. The average molecular weight is 279 g/mol. The first kappa shape index (κ1) is 17.0. The fourth-order valence-corrected chi connectivity index (χ4v) is 2.26. The molecule has 0 heterocycles. The van der Waals surface area contributed by atoms with Crippen molar-refractivity contribution in [1.82, 2.24) is 0 Å². The molecule has 0 aromatic heterocycles. The maximum Gasteiger partial charge on any atom is 0.220 e. The minimum absolute atomic E-state index is 0.123. The Bertz CT molecular complexity index is 342. The van der Waals surface area contributed by atoms with Gasteiger partial charge in [-0.05, 0) is 18.6 Å². The molecular formula is C17H29NO2. The fraction of sp³-hybridized carbons (Fsp3) is 0.647. The van der Waals surface area contributed by atoms with E-state index < -0.39 is 5.79 Å². The van der Waals surface area contributed by atoms with Crippen molar-refractivity contribution < 1.29 is 9.84 Å². The van der Waals surface area contributed by atoms with Gasteiger partial charge in [-0.2, -0.15) is 0 Å². The highest BCUT2D eigenvalue weighted by atomic mass is 16.6. The first-order valence-electron chi connectivity index (χ1n) is 7.87. The lowest BCUT2D eigenvalue weighted by Gasteiger charge is -2.27. The summed E-state index contributed by atoms with van der Waals surface area (Å²) in [5.41, 5.74) is 5.66. The Labute approximate surface area is 123 Å².